The quantitative estimate of drug-likeness (QED) is 0.284. The highest BCUT2D eigenvalue weighted by molar-refractivity contribution is 7.19. The second kappa shape index (κ2) is 8.64. The number of hydrogen-bond acceptors (Lipinski definition) is 2. The number of fused-ring (bicyclic) bond motifs is 3. The van der Waals surface area contributed by atoms with Crippen LogP contribution in [0.2, 0.25) is 5.02 Å². The van der Waals surface area contributed by atoms with E-state index < -0.39 is 0 Å². The van der Waals surface area contributed by atoms with Crippen LogP contribution in [-0.2, 0) is 12.8 Å². The van der Waals surface area contributed by atoms with E-state index in [0.717, 1.165) is 27.4 Å². The van der Waals surface area contributed by atoms with E-state index in [-0.39, 0.29) is 0 Å². The van der Waals surface area contributed by atoms with Crippen LogP contribution in [0.3, 0.4) is 0 Å². The molecule has 0 bridgehead atoms. The second-order valence-corrected chi connectivity index (χ2v) is 9.39. The summed E-state index contributed by atoms with van der Waals surface area (Å²) in [5, 5.41) is 2.15. The first-order valence-corrected chi connectivity index (χ1v) is 11.7. The maximum absolute atomic E-state index is 5.97. The van der Waals surface area contributed by atoms with Gasteiger partial charge in [-0.05, 0) is 84.5 Å². The molecule has 0 spiro atoms. The van der Waals surface area contributed by atoms with Gasteiger partial charge in [-0.15, -0.1) is 11.3 Å². The fourth-order valence-electron chi connectivity index (χ4n) is 4.11. The number of nitrogens with zero attached hydrogens (tertiary/aromatic N) is 1. The van der Waals surface area contributed by atoms with Gasteiger partial charge in [-0.25, -0.2) is 4.98 Å². The fourth-order valence-corrected chi connectivity index (χ4v) is 5.51. The van der Waals surface area contributed by atoms with Crippen LogP contribution in [0.1, 0.15) is 47.4 Å². The zero-order chi connectivity index (χ0) is 20.3. The molecule has 2 aromatic carbocycles. The van der Waals surface area contributed by atoms with E-state index in [0.29, 0.717) is 0 Å². The highest BCUT2D eigenvalue weighted by Gasteiger charge is 2.14. The Bertz CT molecular complexity index is 1240. The molecular weight excluding hydrogens is 406 g/mol. The Morgan fingerprint density at radius 3 is 2.40 bits per heavy atom. The van der Waals surface area contributed by atoms with E-state index in [9.17, 15) is 0 Å². The van der Waals surface area contributed by atoms with E-state index in [4.69, 9.17) is 11.6 Å². The topological polar surface area (TPSA) is 12.9 Å². The van der Waals surface area contributed by atoms with Crippen molar-refractivity contribution in [2.45, 2.75) is 38.5 Å². The van der Waals surface area contributed by atoms with Gasteiger partial charge >= 0.3 is 0 Å². The number of thiophene rings is 1. The Balaban J connectivity index is 1.41. The average Bonchev–Trinajstić information content (AvgIpc) is 3.09. The van der Waals surface area contributed by atoms with Crippen LogP contribution in [0.15, 0.2) is 60.8 Å². The number of aryl methyl sites for hydroxylation is 2. The van der Waals surface area contributed by atoms with Gasteiger partial charge in [0.25, 0.3) is 0 Å². The first kappa shape index (κ1) is 19.4. The maximum atomic E-state index is 5.97. The molecule has 0 saturated heterocycles. The van der Waals surface area contributed by atoms with Crippen molar-refractivity contribution in [2.24, 2.45) is 0 Å². The SMILES string of the molecule is Clc1ccc(-c2ccc(C#Cc3ccc4sc5c(c4c3)CCCCCC5)nc2)cc1. The summed E-state index contributed by atoms with van der Waals surface area (Å²) in [4.78, 5) is 6.13. The molecule has 2 heterocycles. The Morgan fingerprint density at radius 1 is 0.800 bits per heavy atom. The standard InChI is InChI=1S/C27H22ClNS/c28-22-12-9-20(10-13-22)21-11-15-23(29-18-21)14-7-19-8-16-27-25(17-19)24-5-3-1-2-4-6-26(24)30-27/h8-13,15-18H,1-6H2. The lowest BCUT2D eigenvalue weighted by Crippen LogP contribution is -1.95. The molecule has 1 nitrogen and oxygen atoms in total. The molecule has 2 aromatic heterocycles. The van der Waals surface area contributed by atoms with Crippen LogP contribution in [0.4, 0.5) is 0 Å². The zero-order valence-corrected chi connectivity index (χ0v) is 18.3. The Kier molecular flexibility index (Phi) is 5.58. The van der Waals surface area contributed by atoms with Crippen molar-refractivity contribution in [1.29, 1.82) is 0 Å². The Hall–Kier alpha value is -2.60. The summed E-state index contributed by atoms with van der Waals surface area (Å²) in [5.41, 5.74) is 5.59. The number of hydrogen-bond donors (Lipinski definition) is 0. The van der Waals surface area contributed by atoms with E-state index >= 15 is 0 Å². The van der Waals surface area contributed by atoms with Crippen molar-refractivity contribution in [3.63, 3.8) is 0 Å². The minimum atomic E-state index is 0.740. The molecule has 4 aromatic rings. The van der Waals surface area contributed by atoms with Gasteiger partial charge in [0.05, 0.1) is 0 Å². The summed E-state index contributed by atoms with van der Waals surface area (Å²) in [6, 6.07) is 18.5. The van der Waals surface area contributed by atoms with Gasteiger partial charge in [0.2, 0.25) is 0 Å². The average molecular weight is 428 g/mol. The monoisotopic (exact) mass is 427 g/mol. The van der Waals surface area contributed by atoms with Crippen molar-refractivity contribution in [3.8, 4) is 23.0 Å². The largest absolute Gasteiger partial charge is 0.247 e. The summed E-state index contributed by atoms with van der Waals surface area (Å²) < 4.78 is 1.40. The first-order chi connectivity index (χ1) is 14.8. The summed E-state index contributed by atoms with van der Waals surface area (Å²) in [6.07, 6.45) is 9.67. The smallest absolute Gasteiger partial charge is 0.113 e. The molecule has 30 heavy (non-hydrogen) atoms. The third-order valence-corrected chi connectivity index (χ3v) is 7.26. The number of halogens is 1. The van der Waals surface area contributed by atoms with E-state index in [1.807, 2.05) is 47.9 Å². The van der Waals surface area contributed by atoms with Crippen LogP contribution in [0.25, 0.3) is 21.2 Å². The summed E-state index contributed by atoms with van der Waals surface area (Å²) >= 11 is 7.95. The van der Waals surface area contributed by atoms with Crippen LogP contribution < -0.4 is 0 Å². The number of pyridine rings is 1. The second-order valence-electron chi connectivity index (χ2n) is 7.82. The normalized spacial score (nSPS) is 13.8. The highest BCUT2D eigenvalue weighted by atomic mass is 35.5. The molecule has 0 N–H and O–H groups in total. The molecule has 0 atom stereocenters. The fraction of sp³-hybridized carbons (Fsp3) is 0.222. The first-order valence-electron chi connectivity index (χ1n) is 10.5. The molecule has 0 amide bonds. The van der Waals surface area contributed by atoms with Gasteiger partial charge in [0, 0.05) is 31.9 Å². The Morgan fingerprint density at radius 2 is 1.60 bits per heavy atom. The lowest BCUT2D eigenvalue weighted by Gasteiger charge is -2.09. The number of rotatable bonds is 1. The van der Waals surface area contributed by atoms with Gasteiger partial charge in [-0.1, -0.05) is 48.6 Å². The lowest BCUT2D eigenvalue weighted by molar-refractivity contribution is 0.624. The third kappa shape index (κ3) is 4.15. The molecule has 0 fully saturated rings. The minimum Gasteiger partial charge on any atom is -0.247 e. The van der Waals surface area contributed by atoms with Gasteiger partial charge in [-0.3, -0.25) is 0 Å². The van der Waals surface area contributed by atoms with E-state index in [2.05, 4.69) is 41.1 Å². The molecule has 3 heteroatoms. The van der Waals surface area contributed by atoms with Crippen molar-refractivity contribution >= 4 is 33.0 Å². The van der Waals surface area contributed by atoms with Crippen molar-refractivity contribution in [1.82, 2.24) is 4.98 Å². The molecule has 1 aliphatic carbocycles. The van der Waals surface area contributed by atoms with Crippen LogP contribution in [-0.4, -0.2) is 4.98 Å². The predicted molar refractivity (Wildman–Crippen MR) is 128 cm³/mol. The van der Waals surface area contributed by atoms with Gasteiger partial charge in [0.1, 0.15) is 5.69 Å². The highest BCUT2D eigenvalue weighted by Crippen LogP contribution is 2.35. The summed E-state index contributed by atoms with van der Waals surface area (Å²) in [7, 11) is 0. The van der Waals surface area contributed by atoms with E-state index in [1.54, 1.807) is 10.4 Å². The van der Waals surface area contributed by atoms with Gasteiger partial charge in [-0.2, -0.15) is 0 Å². The number of benzene rings is 2. The maximum Gasteiger partial charge on any atom is 0.113 e. The molecular formula is C27H22ClNS. The number of aromatic nitrogens is 1. The Labute approximate surface area is 186 Å². The minimum absolute atomic E-state index is 0.740. The molecule has 5 rings (SSSR count). The summed E-state index contributed by atoms with van der Waals surface area (Å²) in [6.45, 7) is 0. The van der Waals surface area contributed by atoms with Gasteiger partial charge in [0.15, 0.2) is 0 Å². The zero-order valence-electron chi connectivity index (χ0n) is 16.7. The summed E-state index contributed by atoms with van der Waals surface area (Å²) in [5.74, 6) is 6.55. The molecule has 0 saturated carbocycles. The third-order valence-electron chi connectivity index (χ3n) is 5.73. The molecule has 0 aliphatic heterocycles. The molecule has 148 valence electrons. The molecule has 0 unspecified atom stereocenters. The molecule has 1 aliphatic rings. The van der Waals surface area contributed by atoms with Crippen LogP contribution >= 0.6 is 22.9 Å². The van der Waals surface area contributed by atoms with Crippen LogP contribution in [0.5, 0.6) is 0 Å². The van der Waals surface area contributed by atoms with Crippen molar-refractivity contribution in [2.75, 3.05) is 0 Å². The van der Waals surface area contributed by atoms with Crippen molar-refractivity contribution in [3.05, 3.63) is 87.5 Å². The van der Waals surface area contributed by atoms with Gasteiger partial charge < -0.3 is 0 Å². The molecule has 0 radical (unpaired) electrons. The van der Waals surface area contributed by atoms with E-state index in [1.165, 1.54) is 48.6 Å². The van der Waals surface area contributed by atoms with Crippen LogP contribution in [0, 0.1) is 11.8 Å². The lowest BCUT2D eigenvalue weighted by atomic mass is 9.96. The predicted octanol–water partition coefficient (Wildman–Crippen LogP) is 7.68. The van der Waals surface area contributed by atoms with Crippen molar-refractivity contribution < 1.29 is 0 Å².